The molecule has 3 heterocycles. The molecule has 0 radical (unpaired) electrons. The number of fused-ring (bicyclic) bond motifs is 1. The van der Waals surface area contributed by atoms with Crippen molar-refractivity contribution in [3.63, 3.8) is 0 Å². The molecule has 0 bridgehead atoms. The maximum atomic E-state index is 13.3. The maximum absolute atomic E-state index is 13.3. The molecule has 13 heteroatoms. The van der Waals surface area contributed by atoms with Crippen molar-refractivity contribution in [2.45, 2.75) is 23.7 Å². The van der Waals surface area contributed by atoms with Crippen LogP contribution in [-0.4, -0.2) is 45.4 Å². The topological polar surface area (TPSA) is 152 Å². The number of halogens is 1. The lowest BCUT2D eigenvalue weighted by atomic mass is 10.1. The van der Waals surface area contributed by atoms with E-state index < -0.39 is 6.03 Å². The Kier molecular flexibility index (Phi) is 9.86. The van der Waals surface area contributed by atoms with Crippen molar-refractivity contribution in [1.82, 2.24) is 19.7 Å². The molecule has 4 N–H and O–H groups in total. The van der Waals surface area contributed by atoms with Crippen LogP contribution in [0.4, 0.5) is 22.1 Å². The number of alkyl halides is 1. The number of aromatic amines is 1. The van der Waals surface area contributed by atoms with Gasteiger partial charge in [0.2, 0.25) is 5.56 Å². The summed E-state index contributed by atoms with van der Waals surface area (Å²) in [4.78, 5) is 43.6. The molecule has 0 aliphatic carbocycles. The van der Waals surface area contributed by atoms with Crippen molar-refractivity contribution < 1.29 is 19.1 Å². The van der Waals surface area contributed by atoms with Crippen molar-refractivity contribution >= 4 is 62.6 Å². The third-order valence-corrected chi connectivity index (χ3v) is 7.74. The van der Waals surface area contributed by atoms with Crippen molar-refractivity contribution in [1.29, 1.82) is 0 Å². The number of hydrogen-bond acceptors (Lipinski definition) is 7. The number of ether oxygens (including phenoxy) is 2. The van der Waals surface area contributed by atoms with Gasteiger partial charge < -0.3 is 25.1 Å². The summed E-state index contributed by atoms with van der Waals surface area (Å²) in [6, 6.07) is 18.8. The van der Waals surface area contributed by atoms with Gasteiger partial charge in [0.25, 0.3) is 5.91 Å². The third-order valence-electron chi connectivity index (χ3n) is 6.48. The highest BCUT2D eigenvalue weighted by Crippen LogP contribution is 2.35. The molecular formula is C31H30IN7O5. The van der Waals surface area contributed by atoms with E-state index in [4.69, 9.17) is 14.6 Å². The highest BCUT2D eigenvalue weighted by molar-refractivity contribution is 14.1. The predicted molar refractivity (Wildman–Crippen MR) is 177 cm³/mol. The first-order valence-corrected chi connectivity index (χ1v) is 15.0. The summed E-state index contributed by atoms with van der Waals surface area (Å²) in [5.74, 6) is 1.48. The zero-order valence-electron chi connectivity index (χ0n) is 24.0. The number of anilines is 3. The van der Waals surface area contributed by atoms with E-state index in [0.717, 1.165) is 29.3 Å². The number of amides is 3. The molecule has 0 spiro atoms. The second-order valence-corrected chi connectivity index (χ2v) is 11.2. The SMILES string of the molecule is CCCC(I)c1cc(NC(=O)Nc2ccc(Oc3ccnc(NC(=O)COC)c3)c3ccccc23)n(-c2ccc(=O)[nH]c2)n1. The van der Waals surface area contributed by atoms with Gasteiger partial charge in [0, 0.05) is 48.5 Å². The molecule has 0 saturated carbocycles. The highest BCUT2D eigenvalue weighted by atomic mass is 127. The number of nitrogens with one attached hydrogen (secondary N) is 4. The Labute approximate surface area is 266 Å². The number of urea groups is 1. The van der Waals surface area contributed by atoms with Crippen LogP contribution in [-0.2, 0) is 9.53 Å². The molecule has 44 heavy (non-hydrogen) atoms. The summed E-state index contributed by atoms with van der Waals surface area (Å²) in [6.07, 6.45) is 5.00. The molecule has 3 amide bonds. The van der Waals surface area contributed by atoms with Crippen LogP contribution in [0.1, 0.15) is 29.4 Å². The highest BCUT2D eigenvalue weighted by Gasteiger charge is 2.18. The minimum absolute atomic E-state index is 0.0896. The number of pyridine rings is 2. The van der Waals surface area contributed by atoms with Crippen LogP contribution in [0.25, 0.3) is 16.5 Å². The monoisotopic (exact) mass is 707 g/mol. The van der Waals surface area contributed by atoms with E-state index >= 15 is 0 Å². The first kappa shape index (κ1) is 30.7. The summed E-state index contributed by atoms with van der Waals surface area (Å²) < 4.78 is 12.8. The van der Waals surface area contributed by atoms with Gasteiger partial charge in [-0.25, -0.2) is 14.5 Å². The van der Waals surface area contributed by atoms with Crippen LogP contribution in [0.5, 0.6) is 11.5 Å². The molecule has 1 atom stereocenters. The van der Waals surface area contributed by atoms with Gasteiger partial charge in [-0.15, -0.1) is 0 Å². The van der Waals surface area contributed by atoms with Gasteiger partial charge in [-0.1, -0.05) is 60.2 Å². The molecule has 226 valence electrons. The minimum Gasteiger partial charge on any atom is -0.457 e. The van der Waals surface area contributed by atoms with Gasteiger partial charge in [0.05, 0.1) is 21.0 Å². The fourth-order valence-electron chi connectivity index (χ4n) is 4.49. The van der Waals surface area contributed by atoms with Crippen molar-refractivity contribution in [3.05, 3.63) is 95.2 Å². The lowest BCUT2D eigenvalue weighted by molar-refractivity contribution is -0.119. The number of carbonyl (C=O) groups excluding carboxylic acids is 2. The van der Waals surface area contributed by atoms with E-state index in [2.05, 4.69) is 55.4 Å². The standard InChI is InChI=1S/C31H30IN7O5/c1-3-6-23(32)25-16-28(39(38-25)19-9-12-29(40)34-17-19)37-31(42)35-24-10-11-26(22-8-5-4-7-21(22)24)44-20-13-14-33-27(15-20)36-30(41)18-43-2/h4-5,7-17,23H,3,6,18H2,1-2H3,(H,34,40)(H,33,36,41)(H2,35,37,42). The van der Waals surface area contributed by atoms with Crippen LogP contribution < -0.4 is 26.2 Å². The summed E-state index contributed by atoms with van der Waals surface area (Å²) in [5, 5.41) is 14.7. The number of benzene rings is 2. The van der Waals surface area contributed by atoms with Gasteiger partial charge >= 0.3 is 6.03 Å². The predicted octanol–water partition coefficient (Wildman–Crippen LogP) is 6.41. The maximum Gasteiger partial charge on any atom is 0.324 e. The van der Waals surface area contributed by atoms with Crippen LogP contribution in [0.3, 0.4) is 0 Å². The molecule has 1 unspecified atom stereocenters. The smallest absolute Gasteiger partial charge is 0.324 e. The zero-order chi connectivity index (χ0) is 31.1. The minimum atomic E-state index is -0.466. The largest absolute Gasteiger partial charge is 0.457 e. The quantitative estimate of drug-likeness (QED) is 0.0915. The first-order chi connectivity index (χ1) is 21.3. The number of nitrogens with zero attached hydrogens (tertiary/aromatic N) is 3. The Bertz CT molecular complexity index is 1830. The van der Waals surface area contributed by atoms with Gasteiger partial charge in [0.15, 0.2) is 0 Å². The number of H-pyrrole nitrogens is 1. The van der Waals surface area contributed by atoms with Crippen LogP contribution in [0, 0.1) is 0 Å². The number of methoxy groups -OCH3 is 1. The molecule has 0 saturated heterocycles. The van der Waals surface area contributed by atoms with Crippen molar-refractivity contribution in [3.8, 4) is 17.2 Å². The second kappa shape index (κ2) is 14.1. The number of carbonyl (C=O) groups is 2. The molecule has 12 nitrogen and oxygen atoms in total. The molecule has 5 rings (SSSR count). The average molecular weight is 708 g/mol. The lowest BCUT2D eigenvalue weighted by Crippen LogP contribution is -2.21. The Morgan fingerprint density at radius 3 is 2.59 bits per heavy atom. The first-order valence-electron chi connectivity index (χ1n) is 13.8. The van der Waals surface area contributed by atoms with E-state index in [-0.39, 0.29) is 22.0 Å². The third kappa shape index (κ3) is 7.41. The normalized spacial score (nSPS) is 11.6. The molecule has 5 aromatic rings. The zero-order valence-corrected chi connectivity index (χ0v) is 26.1. The molecule has 0 aliphatic heterocycles. The summed E-state index contributed by atoms with van der Waals surface area (Å²) in [6.45, 7) is 2.02. The van der Waals surface area contributed by atoms with Gasteiger partial charge in [0.1, 0.15) is 29.7 Å². The second-order valence-electron chi connectivity index (χ2n) is 9.73. The molecular weight excluding hydrogens is 677 g/mol. The van der Waals surface area contributed by atoms with E-state index in [1.807, 2.05) is 30.3 Å². The number of aromatic nitrogens is 4. The fourth-order valence-corrected chi connectivity index (χ4v) is 5.42. The summed E-state index contributed by atoms with van der Waals surface area (Å²) in [7, 11) is 1.44. The van der Waals surface area contributed by atoms with Crippen LogP contribution in [0.15, 0.2) is 83.9 Å². The summed E-state index contributed by atoms with van der Waals surface area (Å²) in [5.41, 5.74) is 1.76. The molecule has 2 aromatic carbocycles. The van der Waals surface area contributed by atoms with Gasteiger partial charge in [-0.05, 0) is 30.7 Å². The Morgan fingerprint density at radius 2 is 1.84 bits per heavy atom. The lowest BCUT2D eigenvalue weighted by Gasteiger charge is -2.14. The van der Waals surface area contributed by atoms with Crippen molar-refractivity contribution in [2.24, 2.45) is 0 Å². The Balaban J connectivity index is 1.38. The molecule has 3 aromatic heterocycles. The Morgan fingerprint density at radius 1 is 1.02 bits per heavy atom. The van der Waals surface area contributed by atoms with Crippen LogP contribution in [0.2, 0.25) is 0 Å². The van der Waals surface area contributed by atoms with Gasteiger partial charge in [-0.2, -0.15) is 5.10 Å². The van der Waals surface area contributed by atoms with E-state index in [1.54, 1.807) is 41.2 Å². The van der Waals surface area contributed by atoms with Crippen LogP contribution >= 0.6 is 22.6 Å². The Hall–Kier alpha value is -4.76. The summed E-state index contributed by atoms with van der Waals surface area (Å²) >= 11 is 2.34. The molecule has 0 aliphatic rings. The average Bonchev–Trinajstić information content (AvgIpc) is 3.43. The number of hydrogen-bond donors (Lipinski definition) is 4. The van der Waals surface area contributed by atoms with Crippen molar-refractivity contribution in [2.75, 3.05) is 29.7 Å². The van der Waals surface area contributed by atoms with E-state index in [9.17, 15) is 14.4 Å². The van der Waals surface area contributed by atoms with Gasteiger partial charge in [-0.3, -0.25) is 14.9 Å². The number of rotatable bonds is 11. The fraction of sp³-hybridized carbons (Fsp3) is 0.194. The molecule has 0 fully saturated rings. The van der Waals surface area contributed by atoms with E-state index in [1.165, 1.54) is 19.4 Å². The van der Waals surface area contributed by atoms with E-state index in [0.29, 0.717) is 34.5 Å².